The summed E-state index contributed by atoms with van der Waals surface area (Å²) in [5.41, 5.74) is 2.20. The van der Waals surface area contributed by atoms with Crippen molar-refractivity contribution in [1.82, 2.24) is 0 Å². The second-order valence-electron chi connectivity index (χ2n) is 5.21. The normalized spacial score (nSPS) is 10.4. The first-order valence-corrected chi connectivity index (χ1v) is 6.14. The molecule has 0 fully saturated rings. The largest absolute Gasteiger partial charge is 0.385 e. The predicted octanol–water partition coefficient (Wildman–Crippen LogP) is 3.49. The van der Waals surface area contributed by atoms with Crippen molar-refractivity contribution in [1.29, 1.82) is 10.5 Å². The Bertz CT molecular complexity index is 446. The maximum Gasteiger partial charge on any atom is 0.0669 e. The third-order valence-corrected chi connectivity index (χ3v) is 2.92. The van der Waals surface area contributed by atoms with E-state index >= 15 is 0 Å². The first kappa shape index (κ1) is 14.1. The van der Waals surface area contributed by atoms with Gasteiger partial charge in [-0.3, -0.25) is 0 Å². The number of benzene rings is 1. The fourth-order valence-electron chi connectivity index (χ4n) is 1.66. The molecule has 3 heteroatoms. The molecule has 0 bridgehead atoms. The molecule has 18 heavy (non-hydrogen) atoms. The van der Waals surface area contributed by atoms with Gasteiger partial charge in [0.25, 0.3) is 0 Å². The Hall–Kier alpha value is -2.00. The number of hydrogen-bond donors (Lipinski definition) is 1. The molecule has 1 N–H and O–H groups in total. The SMILES string of the molecule is CC(C)(CCC#N)CNc1ccc(CC#N)cc1. The molecule has 0 amide bonds. The zero-order chi connectivity index (χ0) is 13.4. The van der Waals surface area contributed by atoms with Crippen LogP contribution in [0.15, 0.2) is 24.3 Å². The summed E-state index contributed by atoms with van der Waals surface area (Å²) in [4.78, 5) is 0. The van der Waals surface area contributed by atoms with E-state index in [2.05, 4.69) is 31.3 Å². The highest BCUT2D eigenvalue weighted by Gasteiger charge is 2.16. The van der Waals surface area contributed by atoms with Gasteiger partial charge in [0, 0.05) is 18.7 Å². The Morgan fingerprint density at radius 3 is 2.33 bits per heavy atom. The van der Waals surface area contributed by atoms with Gasteiger partial charge in [0.05, 0.1) is 18.6 Å². The van der Waals surface area contributed by atoms with Gasteiger partial charge >= 0.3 is 0 Å². The van der Waals surface area contributed by atoms with Crippen LogP contribution in [-0.2, 0) is 6.42 Å². The first-order valence-electron chi connectivity index (χ1n) is 6.14. The molecule has 0 atom stereocenters. The molecule has 1 rings (SSSR count). The van der Waals surface area contributed by atoms with Gasteiger partial charge in [0.15, 0.2) is 0 Å². The van der Waals surface area contributed by atoms with Crippen LogP contribution < -0.4 is 5.32 Å². The van der Waals surface area contributed by atoms with E-state index in [4.69, 9.17) is 10.5 Å². The Morgan fingerprint density at radius 1 is 1.11 bits per heavy atom. The highest BCUT2D eigenvalue weighted by atomic mass is 14.9. The number of nitrogens with zero attached hydrogens (tertiary/aromatic N) is 2. The zero-order valence-electron chi connectivity index (χ0n) is 11.0. The number of nitrogens with one attached hydrogen (secondary N) is 1. The molecule has 0 aliphatic carbocycles. The number of hydrogen-bond acceptors (Lipinski definition) is 3. The minimum atomic E-state index is 0.112. The van der Waals surface area contributed by atoms with Crippen LogP contribution in [0.25, 0.3) is 0 Å². The van der Waals surface area contributed by atoms with Crippen molar-refractivity contribution in [3.05, 3.63) is 29.8 Å². The summed E-state index contributed by atoms with van der Waals surface area (Å²) in [6.45, 7) is 5.15. The fraction of sp³-hybridized carbons (Fsp3) is 0.467. The summed E-state index contributed by atoms with van der Waals surface area (Å²) in [7, 11) is 0. The maximum atomic E-state index is 8.60. The summed E-state index contributed by atoms with van der Waals surface area (Å²) >= 11 is 0. The van der Waals surface area contributed by atoms with Gasteiger partial charge in [-0.05, 0) is 29.5 Å². The van der Waals surface area contributed by atoms with E-state index in [1.54, 1.807) is 0 Å². The van der Waals surface area contributed by atoms with E-state index in [9.17, 15) is 0 Å². The van der Waals surface area contributed by atoms with Gasteiger partial charge in [0.2, 0.25) is 0 Å². The minimum Gasteiger partial charge on any atom is -0.385 e. The van der Waals surface area contributed by atoms with Crippen LogP contribution in [0.4, 0.5) is 5.69 Å². The van der Waals surface area contributed by atoms with Gasteiger partial charge in [0.1, 0.15) is 0 Å². The molecule has 0 radical (unpaired) electrons. The lowest BCUT2D eigenvalue weighted by molar-refractivity contribution is 0.364. The van der Waals surface area contributed by atoms with E-state index in [1.807, 2.05) is 24.3 Å². The molecular formula is C15H19N3. The Morgan fingerprint density at radius 2 is 1.78 bits per heavy atom. The van der Waals surface area contributed by atoms with Crippen molar-refractivity contribution >= 4 is 5.69 Å². The fourth-order valence-corrected chi connectivity index (χ4v) is 1.66. The van der Waals surface area contributed by atoms with Crippen LogP contribution >= 0.6 is 0 Å². The lowest BCUT2D eigenvalue weighted by Gasteiger charge is -2.24. The molecule has 94 valence electrons. The molecule has 0 unspecified atom stereocenters. The Kier molecular flexibility index (Phi) is 5.21. The van der Waals surface area contributed by atoms with E-state index in [1.165, 1.54) is 0 Å². The van der Waals surface area contributed by atoms with Crippen molar-refractivity contribution in [3.8, 4) is 12.1 Å². The smallest absolute Gasteiger partial charge is 0.0669 e. The summed E-state index contributed by atoms with van der Waals surface area (Å²) < 4.78 is 0. The second kappa shape index (κ2) is 6.67. The number of nitriles is 2. The second-order valence-corrected chi connectivity index (χ2v) is 5.21. The molecule has 0 heterocycles. The lowest BCUT2D eigenvalue weighted by atomic mass is 9.88. The molecule has 0 saturated carbocycles. The minimum absolute atomic E-state index is 0.112. The van der Waals surface area contributed by atoms with Gasteiger partial charge < -0.3 is 5.32 Å². The van der Waals surface area contributed by atoms with Crippen LogP contribution in [-0.4, -0.2) is 6.54 Å². The average molecular weight is 241 g/mol. The first-order chi connectivity index (χ1) is 8.57. The van der Waals surface area contributed by atoms with Crippen LogP contribution in [0.2, 0.25) is 0 Å². The van der Waals surface area contributed by atoms with Crippen molar-refractivity contribution in [2.45, 2.75) is 33.1 Å². The topological polar surface area (TPSA) is 59.6 Å². The molecule has 0 spiro atoms. The van der Waals surface area contributed by atoms with Crippen molar-refractivity contribution in [2.75, 3.05) is 11.9 Å². The number of anilines is 1. The van der Waals surface area contributed by atoms with Gasteiger partial charge in [-0.1, -0.05) is 26.0 Å². The highest BCUT2D eigenvalue weighted by molar-refractivity contribution is 5.45. The van der Waals surface area contributed by atoms with E-state index in [0.717, 1.165) is 24.2 Å². The molecule has 1 aromatic rings. The van der Waals surface area contributed by atoms with E-state index < -0.39 is 0 Å². The lowest BCUT2D eigenvalue weighted by Crippen LogP contribution is -2.22. The monoisotopic (exact) mass is 241 g/mol. The molecular weight excluding hydrogens is 222 g/mol. The molecule has 3 nitrogen and oxygen atoms in total. The summed E-state index contributed by atoms with van der Waals surface area (Å²) in [5, 5.41) is 20.6. The zero-order valence-corrected chi connectivity index (χ0v) is 11.0. The van der Waals surface area contributed by atoms with Crippen LogP contribution in [0, 0.1) is 28.1 Å². The van der Waals surface area contributed by atoms with Crippen molar-refractivity contribution < 1.29 is 0 Å². The quantitative estimate of drug-likeness (QED) is 0.829. The van der Waals surface area contributed by atoms with E-state index in [-0.39, 0.29) is 5.41 Å². The van der Waals surface area contributed by atoms with Crippen molar-refractivity contribution in [2.24, 2.45) is 5.41 Å². The molecule has 0 aliphatic rings. The van der Waals surface area contributed by atoms with Crippen LogP contribution in [0.1, 0.15) is 32.3 Å². The van der Waals surface area contributed by atoms with Gasteiger partial charge in [-0.25, -0.2) is 0 Å². The number of rotatable bonds is 6. The predicted molar refractivity (Wildman–Crippen MR) is 72.9 cm³/mol. The van der Waals surface area contributed by atoms with Gasteiger partial charge in [-0.2, -0.15) is 10.5 Å². The maximum absolute atomic E-state index is 8.60. The molecule has 1 aromatic carbocycles. The van der Waals surface area contributed by atoms with Crippen molar-refractivity contribution in [3.63, 3.8) is 0 Å². The summed E-state index contributed by atoms with van der Waals surface area (Å²) in [5.74, 6) is 0. The molecule has 0 aliphatic heterocycles. The third kappa shape index (κ3) is 4.89. The van der Waals surface area contributed by atoms with Crippen LogP contribution in [0.5, 0.6) is 0 Å². The Labute approximate surface area is 109 Å². The Balaban J connectivity index is 2.48. The van der Waals surface area contributed by atoms with Gasteiger partial charge in [-0.15, -0.1) is 0 Å². The summed E-state index contributed by atoms with van der Waals surface area (Å²) in [6, 6.07) is 12.2. The average Bonchev–Trinajstić information content (AvgIpc) is 2.36. The molecule has 0 aromatic heterocycles. The van der Waals surface area contributed by atoms with E-state index in [0.29, 0.717) is 12.8 Å². The summed E-state index contributed by atoms with van der Waals surface area (Å²) in [6.07, 6.45) is 1.94. The standard InChI is InChI=1S/C15H19N3/c1-15(2,9-3-10-16)12-18-14-6-4-13(5-7-14)8-11-17/h4-7,18H,3,8-9,12H2,1-2H3. The van der Waals surface area contributed by atoms with Crippen LogP contribution in [0.3, 0.4) is 0 Å². The third-order valence-electron chi connectivity index (χ3n) is 2.92. The molecule has 0 saturated heterocycles. The highest BCUT2D eigenvalue weighted by Crippen LogP contribution is 2.23.